The normalized spacial score (nSPS) is 27.6. The lowest BCUT2D eigenvalue weighted by Crippen LogP contribution is -2.35. The summed E-state index contributed by atoms with van der Waals surface area (Å²) in [4.78, 5) is 14.2. The molecule has 1 saturated heterocycles. The van der Waals surface area contributed by atoms with Crippen molar-refractivity contribution in [2.24, 2.45) is 5.92 Å². The molecule has 0 radical (unpaired) electrons. The minimum Gasteiger partial charge on any atom is -0.454 e. The molecule has 0 spiro atoms. The summed E-state index contributed by atoms with van der Waals surface area (Å²) in [6.07, 6.45) is 11.6. The predicted octanol–water partition coefficient (Wildman–Crippen LogP) is 5.18. The van der Waals surface area contributed by atoms with Crippen LogP contribution >= 0.6 is 0 Å². The minimum atomic E-state index is -0.501. The zero-order valence-corrected chi connectivity index (χ0v) is 16.1. The third kappa shape index (κ3) is 3.40. The molecule has 1 aromatic carbocycles. The highest BCUT2D eigenvalue weighted by Gasteiger charge is 2.42. The second-order valence-electron chi connectivity index (χ2n) is 7.91. The largest absolute Gasteiger partial charge is 0.454 e. The summed E-state index contributed by atoms with van der Waals surface area (Å²) in [5, 5.41) is 0. The van der Waals surface area contributed by atoms with Gasteiger partial charge in [-0.25, -0.2) is 0 Å². The number of hydrogen-bond donors (Lipinski definition) is 0. The molecule has 1 atom stereocenters. The van der Waals surface area contributed by atoms with Gasteiger partial charge in [-0.15, -0.1) is 0 Å². The van der Waals surface area contributed by atoms with Gasteiger partial charge < -0.3 is 4.74 Å². The second kappa shape index (κ2) is 7.19. The maximum absolute atomic E-state index is 12.7. The van der Waals surface area contributed by atoms with Gasteiger partial charge in [-0.05, 0) is 51.2 Å². The Bertz CT molecular complexity index is 668. The zero-order valence-electron chi connectivity index (χ0n) is 15.3. The lowest BCUT2D eigenvalue weighted by Gasteiger charge is -2.35. The number of esters is 1. The van der Waals surface area contributed by atoms with Gasteiger partial charge in [0.15, 0.2) is 4.91 Å². The van der Waals surface area contributed by atoms with Crippen LogP contribution in [0.3, 0.4) is 0 Å². The molecule has 0 aromatic heterocycles. The Morgan fingerprint density at radius 3 is 2.56 bits per heavy atom. The van der Waals surface area contributed by atoms with Crippen molar-refractivity contribution in [2.75, 3.05) is 11.5 Å². The molecule has 2 aliphatic carbocycles. The van der Waals surface area contributed by atoms with Crippen LogP contribution in [0.5, 0.6) is 0 Å². The third-order valence-corrected chi connectivity index (χ3v) is 8.62. The molecule has 1 heterocycles. The van der Waals surface area contributed by atoms with E-state index < -0.39 is 5.60 Å². The molecule has 134 valence electrons. The lowest BCUT2D eigenvalue weighted by molar-refractivity contribution is -0.164. The summed E-state index contributed by atoms with van der Waals surface area (Å²) >= 11 is 0. The van der Waals surface area contributed by atoms with Crippen molar-refractivity contribution in [1.29, 1.82) is 0 Å². The van der Waals surface area contributed by atoms with Crippen LogP contribution in [0.4, 0.5) is 0 Å². The summed E-state index contributed by atoms with van der Waals surface area (Å²) in [6.45, 7) is 2.11. The van der Waals surface area contributed by atoms with E-state index in [0.717, 1.165) is 19.3 Å². The fourth-order valence-corrected chi connectivity index (χ4v) is 7.11. The Morgan fingerprint density at radius 1 is 1.08 bits per heavy atom. The molecule has 3 heteroatoms. The first-order chi connectivity index (χ1) is 12.2. The molecule has 2 fully saturated rings. The predicted molar refractivity (Wildman–Crippen MR) is 105 cm³/mol. The Morgan fingerprint density at radius 2 is 1.80 bits per heavy atom. The number of fused-ring (bicyclic) bond motifs is 1. The summed E-state index contributed by atoms with van der Waals surface area (Å²) in [6, 6.07) is 8.64. The van der Waals surface area contributed by atoms with E-state index in [2.05, 4.69) is 37.3 Å². The molecule has 1 aromatic rings. The molecule has 25 heavy (non-hydrogen) atoms. The van der Waals surface area contributed by atoms with Crippen LogP contribution in [0.2, 0.25) is 0 Å². The molecule has 1 saturated carbocycles. The van der Waals surface area contributed by atoms with Crippen molar-refractivity contribution in [2.45, 2.75) is 63.9 Å². The molecule has 0 amide bonds. The Balaban J connectivity index is 1.60. The van der Waals surface area contributed by atoms with Gasteiger partial charge in [-0.2, -0.15) is 0 Å². The first-order valence-corrected chi connectivity index (χ1v) is 11.4. The molecular weight excluding hydrogens is 328 g/mol. The van der Waals surface area contributed by atoms with E-state index in [4.69, 9.17) is 4.74 Å². The minimum absolute atomic E-state index is 0.0202. The highest BCUT2D eigenvalue weighted by atomic mass is 32.2. The molecular formula is C22H29O2S+. The number of rotatable bonds is 3. The van der Waals surface area contributed by atoms with Gasteiger partial charge >= 0.3 is 5.97 Å². The van der Waals surface area contributed by atoms with Crippen LogP contribution in [0.15, 0.2) is 30.3 Å². The first kappa shape index (κ1) is 17.2. The number of hydrogen-bond acceptors (Lipinski definition) is 2. The summed E-state index contributed by atoms with van der Waals surface area (Å²) in [5.74, 6) is 2.80. The Labute approximate surface area is 154 Å². The van der Waals surface area contributed by atoms with Crippen molar-refractivity contribution in [3.05, 3.63) is 41.5 Å². The quantitative estimate of drug-likeness (QED) is 0.550. The number of carbonyl (C=O) groups is 1. The SMILES string of the molecule is CC1(OC(=O)C2CCCC2)CC=C([S+]2CCCCC2)c2ccccc21. The average Bonchev–Trinajstić information content (AvgIpc) is 3.18. The third-order valence-electron chi connectivity index (χ3n) is 6.05. The molecule has 2 nitrogen and oxygen atoms in total. The van der Waals surface area contributed by atoms with Crippen molar-refractivity contribution in [1.82, 2.24) is 0 Å². The molecule has 0 bridgehead atoms. The van der Waals surface area contributed by atoms with Gasteiger partial charge in [0, 0.05) is 28.4 Å². The fourth-order valence-electron chi connectivity index (χ4n) is 4.55. The van der Waals surface area contributed by atoms with Crippen LogP contribution in [-0.4, -0.2) is 17.5 Å². The van der Waals surface area contributed by atoms with Crippen molar-refractivity contribution < 1.29 is 9.53 Å². The van der Waals surface area contributed by atoms with Gasteiger partial charge in [-0.3, -0.25) is 4.79 Å². The van der Waals surface area contributed by atoms with E-state index in [9.17, 15) is 4.79 Å². The second-order valence-corrected chi connectivity index (χ2v) is 10.2. The average molecular weight is 358 g/mol. The van der Waals surface area contributed by atoms with E-state index in [0.29, 0.717) is 10.9 Å². The van der Waals surface area contributed by atoms with Gasteiger partial charge in [0.2, 0.25) is 0 Å². The van der Waals surface area contributed by atoms with E-state index in [-0.39, 0.29) is 11.9 Å². The summed E-state index contributed by atoms with van der Waals surface area (Å²) in [5.41, 5.74) is 2.05. The smallest absolute Gasteiger partial charge is 0.309 e. The van der Waals surface area contributed by atoms with Crippen LogP contribution in [0, 0.1) is 5.92 Å². The Kier molecular flexibility index (Phi) is 4.95. The van der Waals surface area contributed by atoms with E-state index in [1.54, 1.807) is 0 Å². The highest BCUT2D eigenvalue weighted by Crippen LogP contribution is 2.44. The summed E-state index contributed by atoms with van der Waals surface area (Å²) in [7, 11) is 0.380. The van der Waals surface area contributed by atoms with Crippen molar-refractivity contribution in [3.63, 3.8) is 0 Å². The Hall–Kier alpha value is -1.22. The first-order valence-electron chi connectivity index (χ1n) is 9.88. The number of ether oxygens (including phenoxy) is 1. The maximum Gasteiger partial charge on any atom is 0.309 e. The fraction of sp³-hybridized carbons (Fsp3) is 0.591. The van der Waals surface area contributed by atoms with Gasteiger partial charge in [0.25, 0.3) is 0 Å². The monoisotopic (exact) mass is 357 g/mol. The van der Waals surface area contributed by atoms with Crippen LogP contribution in [-0.2, 0) is 26.0 Å². The van der Waals surface area contributed by atoms with Crippen LogP contribution < -0.4 is 0 Å². The van der Waals surface area contributed by atoms with Crippen LogP contribution in [0.1, 0.15) is 69.4 Å². The van der Waals surface area contributed by atoms with Gasteiger partial charge in [0.1, 0.15) is 17.1 Å². The highest BCUT2D eigenvalue weighted by molar-refractivity contribution is 8.05. The number of carbonyl (C=O) groups excluding carboxylic acids is 1. The van der Waals surface area contributed by atoms with E-state index in [1.807, 2.05) is 0 Å². The van der Waals surface area contributed by atoms with Crippen molar-refractivity contribution >= 4 is 21.8 Å². The maximum atomic E-state index is 12.7. The zero-order chi connectivity index (χ0) is 17.3. The van der Waals surface area contributed by atoms with E-state index >= 15 is 0 Å². The molecule has 4 rings (SSSR count). The molecule has 1 aliphatic heterocycles. The molecule has 3 aliphatic rings. The molecule has 0 N–H and O–H groups in total. The standard InChI is InChI=1S/C22H29O2S/c1-22(24-21(23)17-9-3-4-10-17)14-13-20(25-15-7-2-8-16-25)18-11-5-6-12-19(18)22/h5-6,11-13,17H,2-4,7-10,14-16H2,1H3/q+1. The number of benzene rings is 1. The van der Waals surface area contributed by atoms with Crippen LogP contribution in [0.25, 0.3) is 4.91 Å². The van der Waals surface area contributed by atoms with E-state index in [1.165, 1.54) is 59.6 Å². The summed E-state index contributed by atoms with van der Waals surface area (Å²) < 4.78 is 6.14. The molecule has 1 unspecified atom stereocenters. The van der Waals surface area contributed by atoms with Gasteiger partial charge in [-0.1, -0.05) is 31.0 Å². The van der Waals surface area contributed by atoms with Gasteiger partial charge in [0.05, 0.1) is 5.92 Å². The topological polar surface area (TPSA) is 26.3 Å². The van der Waals surface area contributed by atoms with Crippen molar-refractivity contribution in [3.8, 4) is 0 Å². The lowest BCUT2D eigenvalue weighted by atomic mass is 9.84.